The van der Waals surface area contributed by atoms with Crippen molar-refractivity contribution in [3.05, 3.63) is 23.2 Å². The van der Waals surface area contributed by atoms with Gasteiger partial charge in [-0.3, -0.25) is 0 Å². The van der Waals surface area contributed by atoms with Crippen LogP contribution in [-0.4, -0.2) is 38.4 Å². The highest BCUT2D eigenvalue weighted by atomic mass is 35.5. The molecule has 0 bridgehead atoms. The maximum atomic E-state index is 6.27. The lowest BCUT2D eigenvalue weighted by Crippen LogP contribution is -2.51. The van der Waals surface area contributed by atoms with Crippen molar-refractivity contribution in [3.8, 4) is 5.75 Å². The first-order valence-corrected chi connectivity index (χ1v) is 8.03. The number of benzene rings is 1. The van der Waals surface area contributed by atoms with Gasteiger partial charge < -0.3 is 20.1 Å². The number of anilines is 1. The second-order valence-corrected chi connectivity index (χ2v) is 5.86. The molecule has 0 aliphatic carbocycles. The summed E-state index contributed by atoms with van der Waals surface area (Å²) in [5, 5.41) is 0.728. The van der Waals surface area contributed by atoms with Gasteiger partial charge in [0.05, 0.1) is 25.4 Å². The number of nitrogens with two attached hydrogens (primary N) is 1. The van der Waals surface area contributed by atoms with Crippen LogP contribution >= 0.6 is 11.6 Å². The summed E-state index contributed by atoms with van der Waals surface area (Å²) in [6.45, 7) is 7.84. The predicted molar refractivity (Wildman–Crippen MR) is 87.5 cm³/mol. The SMILES string of the molecule is CCC1(CC)CN(CCOCCN)c2cc(Cl)ccc2O1. The topological polar surface area (TPSA) is 47.7 Å². The molecular formula is C16H25ClN2O2. The fourth-order valence-corrected chi connectivity index (χ4v) is 2.87. The standard InChI is InChI=1S/C16H25ClN2O2/c1-3-16(4-2)12-19(8-10-20-9-7-18)14-11-13(17)5-6-15(14)21-16/h5-6,11H,3-4,7-10,12,18H2,1-2H3. The summed E-state index contributed by atoms with van der Waals surface area (Å²) in [6, 6.07) is 5.81. The summed E-state index contributed by atoms with van der Waals surface area (Å²) in [5.41, 5.74) is 6.38. The zero-order chi connectivity index (χ0) is 15.3. The second-order valence-electron chi connectivity index (χ2n) is 5.43. The molecule has 0 saturated heterocycles. The van der Waals surface area contributed by atoms with E-state index in [0.29, 0.717) is 19.8 Å². The molecule has 1 aliphatic rings. The van der Waals surface area contributed by atoms with Crippen LogP contribution in [0.4, 0.5) is 5.69 Å². The van der Waals surface area contributed by atoms with E-state index in [0.717, 1.165) is 42.4 Å². The van der Waals surface area contributed by atoms with Gasteiger partial charge in [0.15, 0.2) is 0 Å². The van der Waals surface area contributed by atoms with Crippen molar-refractivity contribution in [3.63, 3.8) is 0 Å². The molecule has 1 aromatic rings. The van der Waals surface area contributed by atoms with Gasteiger partial charge in [-0.2, -0.15) is 0 Å². The van der Waals surface area contributed by atoms with Gasteiger partial charge in [-0.15, -0.1) is 0 Å². The van der Waals surface area contributed by atoms with E-state index in [1.165, 1.54) is 0 Å². The summed E-state index contributed by atoms with van der Waals surface area (Å²) in [6.07, 6.45) is 1.96. The minimum Gasteiger partial charge on any atom is -0.483 e. The van der Waals surface area contributed by atoms with Crippen LogP contribution in [0.3, 0.4) is 0 Å². The molecule has 2 rings (SSSR count). The van der Waals surface area contributed by atoms with Crippen LogP contribution < -0.4 is 15.4 Å². The van der Waals surface area contributed by atoms with Crippen LogP contribution in [0.25, 0.3) is 0 Å². The van der Waals surface area contributed by atoms with Crippen LogP contribution in [0.15, 0.2) is 18.2 Å². The average Bonchev–Trinajstić information content (AvgIpc) is 2.51. The molecule has 118 valence electrons. The van der Waals surface area contributed by atoms with E-state index in [2.05, 4.69) is 18.7 Å². The van der Waals surface area contributed by atoms with Crippen LogP contribution in [0, 0.1) is 0 Å². The van der Waals surface area contributed by atoms with Crippen LogP contribution in [0.2, 0.25) is 5.02 Å². The largest absolute Gasteiger partial charge is 0.483 e. The smallest absolute Gasteiger partial charge is 0.143 e. The molecule has 0 fully saturated rings. The quantitative estimate of drug-likeness (QED) is 0.786. The molecule has 4 nitrogen and oxygen atoms in total. The Labute approximate surface area is 132 Å². The Kier molecular flexibility index (Phi) is 5.73. The molecule has 21 heavy (non-hydrogen) atoms. The van der Waals surface area contributed by atoms with E-state index in [-0.39, 0.29) is 5.60 Å². The molecule has 1 aromatic carbocycles. The van der Waals surface area contributed by atoms with Crippen molar-refractivity contribution in [1.29, 1.82) is 0 Å². The highest BCUT2D eigenvalue weighted by molar-refractivity contribution is 6.30. The number of rotatable bonds is 7. The summed E-state index contributed by atoms with van der Waals surface area (Å²) < 4.78 is 11.8. The van der Waals surface area contributed by atoms with Gasteiger partial charge >= 0.3 is 0 Å². The zero-order valence-electron chi connectivity index (χ0n) is 12.9. The Morgan fingerprint density at radius 1 is 1.33 bits per heavy atom. The molecule has 0 radical (unpaired) electrons. The van der Waals surface area contributed by atoms with E-state index in [9.17, 15) is 0 Å². The third-order valence-electron chi connectivity index (χ3n) is 4.12. The predicted octanol–water partition coefficient (Wildman–Crippen LogP) is 3.07. The van der Waals surface area contributed by atoms with Crippen molar-refractivity contribution in [2.45, 2.75) is 32.3 Å². The van der Waals surface area contributed by atoms with Crippen molar-refractivity contribution in [2.24, 2.45) is 5.73 Å². The minimum absolute atomic E-state index is 0.130. The number of halogens is 1. The van der Waals surface area contributed by atoms with Gasteiger partial charge in [-0.05, 0) is 31.0 Å². The molecular weight excluding hydrogens is 288 g/mol. The van der Waals surface area contributed by atoms with Crippen LogP contribution in [0.1, 0.15) is 26.7 Å². The van der Waals surface area contributed by atoms with E-state index in [4.69, 9.17) is 26.8 Å². The van der Waals surface area contributed by atoms with E-state index >= 15 is 0 Å². The molecule has 1 heterocycles. The lowest BCUT2D eigenvalue weighted by atomic mass is 9.94. The minimum atomic E-state index is -0.130. The highest BCUT2D eigenvalue weighted by Crippen LogP contribution is 2.40. The van der Waals surface area contributed by atoms with Crippen LogP contribution in [-0.2, 0) is 4.74 Å². The zero-order valence-corrected chi connectivity index (χ0v) is 13.7. The summed E-state index contributed by atoms with van der Waals surface area (Å²) in [7, 11) is 0. The van der Waals surface area contributed by atoms with Gasteiger partial charge in [-0.1, -0.05) is 25.4 Å². The molecule has 5 heteroatoms. The fraction of sp³-hybridized carbons (Fsp3) is 0.625. The maximum Gasteiger partial charge on any atom is 0.143 e. The Balaban J connectivity index is 2.19. The lowest BCUT2D eigenvalue weighted by molar-refractivity contribution is 0.0545. The first kappa shape index (κ1) is 16.4. The molecule has 0 amide bonds. The summed E-state index contributed by atoms with van der Waals surface area (Å²) in [4.78, 5) is 2.31. The Bertz CT molecular complexity index is 464. The average molecular weight is 313 g/mol. The van der Waals surface area contributed by atoms with Crippen molar-refractivity contribution >= 4 is 17.3 Å². The van der Waals surface area contributed by atoms with Gasteiger partial charge in [0, 0.05) is 18.1 Å². The van der Waals surface area contributed by atoms with Crippen molar-refractivity contribution in [1.82, 2.24) is 0 Å². The normalized spacial score (nSPS) is 16.5. The fourth-order valence-electron chi connectivity index (χ4n) is 2.70. The Morgan fingerprint density at radius 2 is 2.10 bits per heavy atom. The second kappa shape index (κ2) is 7.34. The van der Waals surface area contributed by atoms with Gasteiger partial charge in [-0.25, -0.2) is 0 Å². The molecule has 1 aliphatic heterocycles. The maximum absolute atomic E-state index is 6.27. The molecule has 0 aromatic heterocycles. The molecule has 0 spiro atoms. The number of hydrogen-bond acceptors (Lipinski definition) is 4. The van der Waals surface area contributed by atoms with Crippen LogP contribution in [0.5, 0.6) is 5.75 Å². The lowest BCUT2D eigenvalue weighted by Gasteiger charge is -2.44. The first-order valence-electron chi connectivity index (χ1n) is 7.65. The van der Waals surface area contributed by atoms with Gasteiger partial charge in [0.25, 0.3) is 0 Å². The third-order valence-corrected chi connectivity index (χ3v) is 4.36. The van der Waals surface area contributed by atoms with Gasteiger partial charge in [0.1, 0.15) is 11.4 Å². The van der Waals surface area contributed by atoms with E-state index in [1.807, 2.05) is 18.2 Å². The molecule has 0 saturated carbocycles. The van der Waals surface area contributed by atoms with Crippen molar-refractivity contribution < 1.29 is 9.47 Å². The first-order chi connectivity index (χ1) is 10.1. The number of fused-ring (bicyclic) bond motifs is 1. The van der Waals surface area contributed by atoms with E-state index < -0.39 is 0 Å². The Morgan fingerprint density at radius 3 is 2.76 bits per heavy atom. The Hall–Kier alpha value is -0.970. The van der Waals surface area contributed by atoms with E-state index in [1.54, 1.807) is 0 Å². The molecule has 0 atom stereocenters. The molecule has 2 N–H and O–H groups in total. The number of ether oxygens (including phenoxy) is 2. The van der Waals surface area contributed by atoms with Crippen molar-refractivity contribution in [2.75, 3.05) is 37.7 Å². The third kappa shape index (κ3) is 3.82. The monoisotopic (exact) mass is 312 g/mol. The van der Waals surface area contributed by atoms with Gasteiger partial charge in [0.2, 0.25) is 0 Å². The summed E-state index contributed by atoms with van der Waals surface area (Å²) >= 11 is 6.13. The summed E-state index contributed by atoms with van der Waals surface area (Å²) in [5.74, 6) is 0.910. The number of nitrogens with zero attached hydrogens (tertiary/aromatic N) is 1. The number of hydrogen-bond donors (Lipinski definition) is 1. The highest BCUT2D eigenvalue weighted by Gasteiger charge is 2.36. The molecule has 0 unspecified atom stereocenters.